The smallest absolute Gasteiger partial charge is 0.342 e. The first-order valence-electron chi connectivity index (χ1n) is 12.6. The number of aromatic nitrogens is 1. The third kappa shape index (κ3) is 6.63. The zero-order valence-corrected chi connectivity index (χ0v) is 22.2. The molecule has 0 radical (unpaired) electrons. The lowest BCUT2D eigenvalue weighted by molar-refractivity contribution is 0.0526. The van der Waals surface area contributed by atoms with Crippen molar-refractivity contribution in [2.75, 3.05) is 39.3 Å². The fourth-order valence-electron chi connectivity index (χ4n) is 3.92. The van der Waals surface area contributed by atoms with E-state index in [0.29, 0.717) is 58.9 Å². The minimum Gasteiger partial charge on any atom is -0.493 e. The lowest BCUT2D eigenvalue weighted by Crippen LogP contribution is -2.38. The summed E-state index contributed by atoms with van der Waals surface area (Å²) in [5, 5.41) is 12.4. The van der Waals surface area contributed by atoms with Crippen LogP contribution >= 0.6 is 0 Å². The van der Waals surface area contributed by atoms with E-state index in [4.69, 9.17) is 29.8 Å². The number of fused-ring (bicyclic) bond motifs is 1. The van der Waals surface area contributed by atoms with Crippen LogP contribution in [0.25, 0.3) is 10.9 Å². The van der Waals surface area contributed by atoms with Gasteiger partial charge in [-0.25, -0.2) is 4.79 Å². The molecule has 0 aliphatic heterocycles. The Hall–Kier alpha value is -4.05. The summed E-state index contributed by atoms with van der Waals surface area (Å²) >= 11 is 0. The number of nitrogens with two attached hydrogens (primary N) is 1. The molecule has 3 rings (SSSR count). The highest BCUT2D eigenvalue weighted by Crippen LogP contribution is 2.34. The van der Waals surface area contributed by atoms with Gasteiger partial charge in [-0.2, -0.15) is 0 Å². The van der Waals surface area contributed by atoms with Crippen molar-refractivity contribution in [3.63, 3.8) is 0 Å². The van der Waals surface area contributed by atoms with Crippen molar-refractivity contribution in [2.45, 2.75) is 39.7 Å². The predicted molar refractivity (Wildman–Crippen MR) is 144 cm³/mol. The van der Waals surface area contributed by atoms with Crippen LogP contribution in [-0.2, 0) is 4.74 Å². The minimum atomic E-state index is -0.536. The van der Waals surface area contributed by atoms with Gasteiger partial charge in [0.15, 0.2) is 11.5 Å². The van der Waals surface area contributed by atoms with E-state index < -0.39 is 5.97 Å². The molecule has 0 saturated carbocycles. The number of anilines is 1. The first-order chi connectivity index (χ1) is 18.3. The lowest BCUT2D eigenvalue weighted by atomic mass is 10.1. The molecule has 1 amide bonds. The molecule has 1 unspecified atom stereocenters. The number of hydrogen-bond donors (Lipinski definition) is 3. The van der Waals surface area contributed by atoms with Gasteiger partial charge in [0.2, 0.25) is 0 Å². The van der Waals surface area contributed by atoms with Crippen LogP contribution in [0.1, 0.15) is 53.1 Å². The molecule has 0 aliphatic carbocycles. The van der Waals surface area contributed by atoms with Crippen LogP contribution in [0.4, 0.5) is 5.69 Å². The van der Waals surface area contributed by atoms with Crippen molar-refractivity contribution < 1.29 is 33.6 Å². The second-order valence-corrected chi connectivity index (χ2v) is 8.54. The number of aliphatic hydroxyl groups is 1. The third-order valence-corrected chi connectivity index (χ3v) is 5.93. The van der Waals surface area contributed by atoms with Crippen LogP contribution in [0.5, 0.6) is 17.2 Å². The van der Waals surface area contributed by atoms with E-state index in [9.17, 15) is 9.59 Å². The maximum Gasteiger partial charge on any atom is 0.342 e. The number of carbonyl (C=O) groups is 2. The number of hydrogen-bond acceptors (Lipinski definition) is 9. The zero-order valence-electron chi connectivity index (χ0n) is 22.2. The third-order valence-electron chi connectivity index (χ3n) is 5.93. The molecule has 38 heavy (non-hydrogen) atoms. The van der Waals surface area contributed by atoms with Crippen LogP contribution in [0.3, 0.4) is 0 Å². The predicted octanol–water partition coefficient (Wildman–Crippen LogP) is 3.66. The Labute approximate surface area is 222 Å². The van der Waals surface area contributed by atoms with Gasteiger partial charge in [0.25, 0.3) is 5.91 Å². The normalized spacial score (nSPS) is 11.6. The molecule has 0 bridgehead atoms. The summed E-state index contributed by atoms with van der Waals surface area (Å²) in [5.74, 6) is 0.543. The summed E-state index contributed by atoms with van der Waals surface area (Å²) in [4.78, 5) is 30.0. The number of nitrogens with zero attached hydrogens (tertiary/aromatic N) is 1. The molecule has 10 nitrogen and oxygen atoms in total. The Kier molecular flexibility index (Phi) is 10.1. The fourth-order valence-corrected chi connectivity index (χ4v) is 3.92. The highest BCUT2D eigenvalue weighted by atomic mass is 16.5. The second kappa shape index (κ2) is 13.5. The Morgan fingerprint density at radius 1 is 1.11 bits per heavy atom. The van der Waals surface area contributed by atoms with Crippen molar-refractivity contribution >= 4 is 28.5 Å². The van der Waals surface area contributed by atoms with Gasteiger partial charge in [-0.05, 0) is 50.6 Å². The number of benzene rings is 2. The molecule has 1 aromatic heterocycles. The molecule has 0 spiro atoms. The van der Waals surface area contributed by atoms with Gasteiger partial charge in [0.05, 0.1) is 48.6 Å². The van der Waals surface area contributed by atoms with E-state index in [1.54, 1.807) is 50.2 Å². The van der Waals surface area contributed by atoms with Gasteiger partial charge in [0, 0.05) is 18.6 Å². The number of amides is 1. The number of carbonyl (C=O) groups excluding carboxylic acids is 2. The van der Waals surface area contributed by atoms with E-state index in [1.165, 1.54) is 7.11 Å². The van der Waals surface area contributed by atoms with Gasteiger partial charge in [-0.15, -0.1) is 0 Å². The number of methoxy groups -OCH3 is 1. The quantitative estimate of drug-likeness (QED) is 0.225. The van der Waals surface area contributed by atoms with Gasteiger partial charge in [-0.3, -0.25) is 9.78 Å². The highest BCUT2D eigenvalue weighted by molar-refractivity contribution is 6.07. The molecule has 2 aromatic carbocycles. The Morgan fingerprint density at radius 3 is 2.58 bits per heavy atom. The summed E-state index contributed by atoms with van der Waals surface area (Å²) in [7, 11) is 1.50. The Bertz CT molecular complexity index is 1280. The van der Waals surface area contributed by atoms with Gasteiger partial charge < -0.3 is 35.1 Å². The van der Waals surface area contributed by atoms with E-state index in [1.807, 2.05) is 6.92 Å². The zero-order chi connectivity index (χ0) is 27.7. The van der Waals surface area contributed by atoms with E-state index >= 15 is 0 Å². The maximum atomic E-state index is 13.0. The van der Waals surface area contributed by atoms with Crippen LogP contribution in [0.15, 0.2) is 36.4 Å². The average molecular weight is 526 g/mol. The molecular formula is C28H35N3O7. The SMILES string of the molecule is CCOC(=O)c1c(C)nc2cccc(OCC(CC)NC(=O)c3ccc(OCCCO)c(OC)c3)c2c1N. The van der Waals surface area contributed by atoms with Gasteiger partial charge >= 0.3 is 5.97 Å². The number of rotatable bonds is 13. The van der Waals surface area contributed by atoms with E-state index in [-0.39, 0.29) is 43.0 Å². The second-order valence-electron chi connectivity index (χ2n) is 8.54. The number of aryl methyl sites for hydroxylation is 1. The number of nitrogen functional groups attached to an aromatic ring is 1. The van der Waals surface area contributed by atoms with Crippen molar-refractivity contribution in [3.05, 3.63) is 53.2 Å². The average Bonchev–Trinajstić information content (AvgIpc) is 2.91. The summed E-state index contributed by atoms with van der Waals surface area (Å²) < 4.78 is 22.2. The lowest BCUT2D eigenvalue weighted by Gasteiger charge is -2.20. The number of esters is 1. The van der Waals surface area contributed by atoms with Crippen molar-refractivity contribution in [2.24, 2.45) is 0 Å². The van der Waals surface area contributed by atoms with Crippen LogP contribution in [-0.4, -0.2) is 61.5 Å². The minimum absolute atomic E-state index is 0.0252. The van der Waals surface area contributed by atoms with Crippen molar-refractivity contribution in [1.82, 2.24) is 10.3 Å². The first kappa shape index (κ1) is 28.5. The molecule has 10 heteroatoms. The molecule has 1 atom stereocenters. The monoisotopic (exact) mass is 525 g/mol. The number of ether oxygens (including phenoxy) is 4. The van der Waals surface area contributed by atoms with Crippen LogP contribution in [0, 0.1) is 6.92 Å². The van der Waals surface area contributed by atoms with E-state index in [0.717, 1.165) is 0 Å². The Morgan fingerprint density at radius 2 is 1.89 bits per heavy atom. The molecule has 204 valence electrons. The maximum absolute atomic E-state index is 13.0. The fraction of sp³-hybridized carbons (Fsp3) is 0.393. The van der Waals surface area contributed by atoms with Gasteiger partial charge in [-0.1, -0.05) is 13.0 Å². The van der Waals surface area contributed by atoms with Crippen molar-refractivity contribution in [3.8, 4) is 17.2 Å². The summed E-state index contributed by atoms with van der Waals surface area (Å²) in [6.45, 7) is 6.12. The molecule has 1 heterocycles. The number of aliphatic hydroxyl groups excluding tert-OH is 1. The van der Waals surface area contributed by atoms with Crippen molar-refractivity contribution in [1.29, 1.82) is 0 Å². The molecule has 0 saturated heterocycles. The van der Waals surface area contributed by atoms with Gasteiger partial charge in [0.1, 0.15) is 17.9 Å². The molecular weight excluding hydrogens is 490 g/mol. The Balaban J connectivity index is 1.76. The molecule has 0 aliphatic rings. The van der Waals surface area contributed by atoms with E-state index in [2.05, 4.69) is 10.3 Å². The molecule has 3 aromatic rings. The topological polar surface area (TPSA) is 142 Å². The van der Waals surface area contributed by atoms with Crippen LogP contribution < -0.4 is 25.3 Å². The summed E-state index contributed by atoms with van der Waals surface area (Å²) in [6, 6.07) is 9.95. The molecule has 0 fully saturated rings. The largest absolute Gasteiger partial charge is 0.493 e. The standard InChI is InChI=1S/C28H35N3O7/c1-5-19(31-27(33)18-11-12-21(23(15-18)35-4)37-14-8-13-32)16-38-22-10-7-9-20-25(22)26(29)24(17(3)30-20)28(34)36-6-2/h7,9-12,15,19,32H,5-6,8,13-14,16H2,1-4H3,(H2,29,30)(H,31,33). The number of pyridine rings is 1. The summed E-state index contributed by atoms with van der Waals surface area (Å²) in [6.07, 6.45) is 1.10. The first-order valence-corrected chi connectivity index (χ1v) is 12.6. The summed E-state index contributed by atoms with van der Waals surface area (Å²) in [5.41, 5.74) is 8.33. The van der Waals surface area contributed by atoms with Crippen LogP contribution in [0.2, 0.25) is 0 Å². The number of nitrogens with one attached hydrogen (secondary N) is 1. The molecule has 4 N–H and O–H groups in total. The highest BCUT2D eigenvalue weighted by Gasteiger charge is 2.21.